The molecule has 1 fully saturated rings. The van der Waals surface area contributed by atoms with Crippen molar-refractivity contribution in [3.63, 3.8) is 0 Å². The highest BCUT2D eigenvalue weighted by Gasteiger charge is 2.32. The largest absolute Gasteiger partial charge is 0.480 e. The van der Waals surface area contributed by atoms with Crippen LogP contribution in [0.1, 0.15) is 27.2 Å². The summed E-state index contributed by atoms with van der Waals surface area (Å²) in [6.45, 7) is 10.5. The molecule has 6 nitrogen and oxygen atoms in total. The summed E-state index contributed by atoms with van der Waals surface area (Å²) in [6.07, 6.45) is 0.0757. The number of ketones is 1. The first-order valence-electron chi connectivity index (χ1n) is 7.98. The third-order valence-electron chi connectivity index (χ3n) is 4.34. The molecule has 0 aromatic heterocycles. The fourth-order valence-corrected chi connectivity index (χ4v) is 2.44. The molecule has 0 saturated carbocycles. The fourth-order valence-electron chi connectivity index (χ4n) is 2.44. The van der Waals surface area contributed by atoms with Crippen LogP contribution in [0.2, 0.25) is 0 Å². The zero-order chi connectivity index (χ0) is 16.9. The van der Waals surface area contributed by atoms with Gasteiger partial charge in [0.15, 0.2) is 0 Å². The number of hydrogen-bond donors (Lipinski definition) is 1. The molecule has 1 aliphatic heterocycles. The summed E-state index contributed by atoms with van der Waals surface area (Å²) >= 11 is 0. The monoisotopic (exact) mass is 313 g/mol. The van der Waals surface area contributed by atoms with Gasteiger partial charge in [-0.15, -0.1) is 0 Å². The molecule has 128 valence electrons. The van der Waals surface area contributed by atoms with E-state index in [1.54, 1.807) is 0 Å². The molecule has 1 rings (SSSR count). The van der Waals surface area contributed by atoms with Crippen LogP contribution in [0.5, 0.6) is 0 Å². The van der Waals surface area contributed by atoms with E-state index in [4.69, 9.17) is 0 Å². The van der Waals surface area contributed by atoms with Crippen molar-refractivity contribution in [2.24, 2.45) is 5.41 Å². The van der Waals surface area contributed by atoms with Crippen LogP contribution in [-0.4, -0.2) is 91.0 Å². The number of carbonyl (C=O) groups is 2. The zero-order valence-corrected chi connectivity index (χ0v) is 14.6. The summed E-state index contributed by atoms with van der Waals surface area (Å²) in [7, 11) is 4.10. The number of carboxylic acids is 1. The Balaban J connectivity index is 2.82. The van der Waals surface area contributed by atoms with Crippen molar-refractivity contribution in [3.05, 3.63) is 0 Å². The number of carbonyl (C=O) groups excluding carboxylic acids is 1. The van der Waals surface area contributed by atoms with E-state index < -0.39 is 17.4 Å². The Labute approximate surface area is 134 Å². The summed E-state index contributed by atoms with van der Waals surface area (Å²) < 4.78 is 0. The fraction of sp³-hybridized carbons (Fsp3) is 0.875. The molecule has 1 unspecified atom stereocenters. The molecule has 0 aromatic carbocycles. The molecule has 1 atom stereocenters. The zero-order valence-electron chi connectivity index (χ0n) is 14.6. The molecule has 1 saturated heterocycles. The van der Waals surface area contributed by atoms with Crippen molar-refractivity contribution < 1.29 is 14.7 Å². The van der Waals surface area contributed by atoms with Crippen LogP contribution < -0.4 is 0 Å². The molecule has 0 aromatic rings. The normalized spacial score (nSPS) is 21.7. The van der Waals surface area contributed by atoms with Crippen LogP contribution in [0.4, 0.5) is 0 Å². The van der Waals surface area contributed by atoms with Crippen molar-refractivity contribution >= 4 is 11.8 Å². The lowest BCUT2D eigenvalue weighted by Crippen LogP contribution is -2.48. The van der Waals surface area contributed by atoms with E-state index in [0.29, 0.717) is 13.1 Å². The third kappa shape index (κ3) is 6.02. The minimum Gasteiger partial charge on any atom is -0.480 e. The topological polar surface area (TPSA) is 64.1 Å². The predicted molar refractivity (Wildman–Crippen MR) is 87.1 cm³/mol. The first kappa shape index (κ1) is 19.1. The number of aliphatic carboxylic acids is 1. The molecule has 0 bridgehead atoms. The van der Waals surface area contributed by atoms with E-state index in [2.05, 4.69) is 9.80 Å². The van der Waals surface area contributed by atoms with Gasteiger partial charge in [0, 0.05) is 51.1 Å². The Morgan fingerprint density at radius 1 is 0.955 bits per heavy atom. The summed E-state index contributed by atoms with van der Waals surface area (Å²) in [5.41, 5.74) is -0.499. The maximum absolute atomic E-state index is 12.3. The Kier molecular flexibility index (Phi) is 6.97. The molecule has 22 heavy (non-hydrogen) atoms. The second kappa shape index (κ2) is 8.04. The van der Waals surface area contributed by atoms with Gasteiger partial charge >= 0.3 is 5.97 Å². The molecule has 6 heteroatoms. The number of likely N-dealkylation sites (N-methyl/N-ethyl adjacent to an activating group) is 2. The van der Waals surface area contributed by atoms with Gasteiger partial charge in [0.25, 0.3) is 0 Å². The molecule has 1 aliphatic rings. The van der Waals surface area contributed by atoms with E-state index in [0.717, 1.165) is 26.2 Å². The van der Waals surface area contributed by atoms with Crippen molar-refractivity contribution in [2.45, 2.75) is 33.2 Å². The molecule has 0 spiro atoms. The highest BCUT2D eigenvalue weighted by atomic mass is 16.4. The van der Waals surface area contributed by atoms with Gasteiger partial charge in [0.2, 0.25) is 0 Å². The minimum atomic E-state index is -0.901. The lowest BCUT2D eigenvalue weighted by Gasteiger charge is -2.31. The number of nitrogens with zero attached hydrogens (tertiary/aromatic N) is 3. The van der Waals surface area contributed by atoms with Gasteiger partial charge in [-0.1, -0.05) is 20.8 Å². The lowest BCUT2D eigenvalue weighted by molar-refractivity contribution is -0.146. The Bertz CT molecular complexity index is 379. The van der Waals surface area contributed by atoms with Crippen LogP contribution in [0.15, 0.2) is 0 Å². The van der Waals surface area contributed by atoms with Gasteiger partial charge in [-0.2, -0.15) is 0 Å². The van der Waals surface area contributed by atoms with Crippen molar-refractivity contribution in [1.29, 1.82) is 0 Å². The van der Waals surface area contributed by atoms with Crippen LogP contribution in [-0.2, 0) is 9.59 Å². The minimum absolute atomic E-state index is 0.00137. The van der Waals surface area contributed by atoms with Gasteiger partial charge in [-0.25, -0.2) is 0 Å². The van der Waals surface area contributed by atoms with Gasteiger partial charge in [-0.3, -0.25) is 14.5 Å². The van der Waals surface area contributed by atoms with Crippen molar-refractivity contribution in [2.75, 3.05) is 53.4 Å². The standard InChI is InChI=1S/C16H31N3O3/c1-16(2,3)14(20)12-13(15(21)22)19-10-8-17(4)6-7-18(5)9-11-19/h13H,6-12H2,1-5H3,(H,21,22). The maximum atomic E-state index is 12.3. The summed E-state index contributed by atoms with van der Waals surface area (Å²) in [4.78, 5) is 30.3. The second-order valence-electron chi connectivity index (χ2n) is 7.37. The average molecular weight is 313 g/mol. The number of hydrogen-bond acceptors (Lipinski definition) is 5. The molecule has 0 amide bonds. The summed E-state index contributed by atoms with van der Waals surface area (Å²) in [6, 6.07) is -0.730. The maximum Gasteiger partial charge on any atom is 0.321 e. The van der Waals surface area contributed by atoms with Crippen LogP contribution in [0, 0.1) is 5.41 Å². The quantitative estimate of drug-likeness (QED) is 0.821. The third-order valence-corrected chi connectivity index (χ3v) is 4.34. The lowest BCUT2D eigenvalue weighted by atomic mass is 9.87. The molecular weight excluding hydrogens is 282 g/mol. The SMILES string of the molecule is CN1CCN(C)CCN(C(CC(=O)C(C)(C)C)C(=O)O)CC1. The van der Waals surface area contributed by atoms with Crippen LogP contribution in [0.3, 0.4) is 0 Å². The Hall–Kier alpha value is -0.980. The van der Waals surface area contributed by atoms with Crippen LogP contribution >= 0.6 is 0 Å². The van der Waals surface area contributed by atoms with E-state index in [1.165, 1.54) is 0 Å². The van der Waals surface area contributed by atoms with E-state index >= 15 is 0 Å². The molecular formula is C16H31N3O3. The van der Waals surface area contributed by atoms with Gasteiger partial charge in [0.1, 0.15) is 11.8 Å². The van der Waals surface area contributed by atoms with E-state index in [9.17, 15) is 14.7 Å². The highest BCUT2D eigenvalue weighted by Crippen LogP contribution is 2.20. The van der Waals surface area contributed by atoms with Crippen molar-refractivity contribution in [1.82, 2.24) is 14.7 Å². The first-order valence-corrected chi connectivity index (χ1v) is 7.98. The molecule has 1 N–H and O–H groups in total. The van der Waals surface area contributed by atoms with E-state index in [1.807, 2.05) is 39.8 Å². The highest BCUT2D eigenvalue weighted by molar-refractivity contribution is 5.89. The average Bonchev–Trinajstić information content (AvgIpc) is 2.48. The Morgan fingerprint density at radius 3 is 1.73 bits per heavy atom. The summed E-state index contributed by atoms with van der Waals surface area (Å²) in [5, 5.41) is 9.58. The van der Waals surface area contributed by atoms with Crippen LogP contribution in [0.25, 0.3) is 0 Å². The smallest absolute Gasteiger partial charge is 0.321 e. The molecule has 0 radical (unpaired) electrons. The van der Waals surface area contributed by atoms with Crippen molar-refractivity contribution in [3.8, 4) is 0 Å². The van der Waals surface area contributed by atoms with E-state index in [-0.39, 0.29) is 12.2 Å². The van der Waals surface area contributed by atoms with Gasteiger partial charge in [0.05, 0.1) is 0 Å². The predicted octanol–water partition coefficient (Wildman–Crippen LogP) is 0.624. The molecule has 1 heterocycles. The summed E-state index contributed by atoms with van der Waals surface area (Å²) in [5.74, 6) is -0.899. The number of rotatable bonds is 4. The number of Topliss-reactive ketones (excluding diaryl/α,β-unsaturated/α-hetero) is 1. The van der Waals surface area contributed by atoms with Gasteiger partial charge < -0.3 is 14.9 Å². The second-order valence-corrected chi connectivity index (χ2v) is 7.37. The Morgan fingerprint density at radius 2 is 1.36 bits per heavy atom. The molecule has 0 aliphatic carbocycles. The first-order chi connectivity index (χ1) is 10.1. The number of carboxylic acid groups (broad SMARTS) is 1. The van der Waals surface area contributed by atoms with Gasteiger partial charge in [-0.05, 0) is 14.1 Å².